The Hall–Kier alpha value is -3.20. The Morgan fingerprint density at radius 2 is 1.89 bits per heavy atom. The van der Waals surface area contributed by atoms with Gasteiger partial charge in [0.2, 0.25) is 5.91 Å². The van der Waals surface area contributed by atoms with E-state index in [-0.39, 0.29) is 42.1 Å². The highest BCUT2D eigenvalue weighted by atomic mass is 32.2. The smallest absolute Gasteiger partial charge is 0.263 e. The van der Waals surface area contributed by atoms with Gasteiger partial charge in [0.25, 0.3) is 15.9 Å². The van der Waals surface area contributed by atoms with Crippen molar-refractivity contribution in [1.82, 2.24) is 15.4 Å². The highest BCUT2D eigenvalue weighted by molar-refractivity contribution is 7.90. The fraction of sp³-hybridized carbons (Fsp3) is 0.211. The first-order chi connectivity index (χ1) is 13.4. The van der Waals surface area contributed by atoms with Gasteiger partial charge in [0.15, 0.2) is 0 Å². The van der Waals surface area contributed by atoms with Crippen molar-refractivity contribution in [2.24, 2.45) is 4.99 Å². The lowest BCUT2D eigenvalue weighted by molar-refractivity contribution is -0.121. The Morgan fingerprint density at radius 1 is 1.11 bits per heavy atom. The van der Waals surface area contributed by atoms with Crippen molar-refractivity contribution in [1.29, 1.82) is 0 Å². The molecule has 1 aliphatic heterocycles. The van der Waals surface area contributed by atoms with Gasteiger partial charge in [-0.05, 0) is 29.8 Å². The van der Waals surface area contributed by atoms with Gasteiger partial charge in [-0.3, -0.25) is 19.3 Å². The van der Waals surface area contributed by atoms with E-state index in [2.05, 4.69) is 20.3 Å². The van der Waals surface area contributed by atoms with Gasteiger partial charge < -0.3 is 10.6 Å². The van der Waals surface area contributed by atoms with E-state index in [0.29, 0.717) is 11.1 Å². The maximum absolute atomic E-state index is 12.0. The monoisotopic (exact) mass is 400 g/mol. The molecule has 28 heavy (non-hydrogen) atoms. The molecule has 0 aromatic heterocycles. The predicted octanol–water partition coefficient (Wildman–Crippen LogP) is 0.791. The Balaban J connectivity index is 1.55. The number of carbonyl (C=O) groups excluding carboxylic acids is 2. The number of hydrogen-bond acceptors (Lipinski definition) is 5. The quantitative estimate of drug-likeness (QED) is 0.665. The molecular formula is C19H20N4O4S. The molecule has 3 N–H and O–H groups in total. The summed E-state index contributed by atoms with van der Waals surface area (Å²) in [5, 5.41) is 5.32. The highest BCUT2D eigenvalue weighted by Crippen LogP contribution is 2.22. The Morgan fingerprint density at radius 3 is 2.68 bits per heavy atom. The van der Waals surface area contributed by atoms with E-state index < -0.39 is 10.0 Å². The van der Waals surface area contributed by atoms with Crippen LogP contribution in [0.4, 0.5) is 0 Å². The van der Waals surface area contributed by atoms with Crippen molar-refractivity contribution < 1.29 is 18.0 Å². The van der Waals surface area contributed by atoms with Crippen LogP contribution < -0.4 is 15.4 Å². The SMILES string of the molecule is CNC(=O)c1cccc(CNC(=O)CCN=C2NS(=O)(=O)c3ccccc32)c1. The number of nitrogens with one attached hydrogen (secondary N) is 3. The molecule has 8 nitrogen and oxygen atoms in total. The van der Waals surface area contributed by atoms with E-state index in [1.165, 1.54) is 6.07 Å². The van der Waals surface area contributed by atoms with Crippen LogP contribution in [0.2, 0.25) is 0 Å². The molecule has 0 bridgehead atoms. The molecule has 0 spiro atoms. The fourth-order valence-corrected chi connectivity index (χ4v) is 4.03. The maximum Gasteiger partial charge on any atom is 0.263 e. The van der Waals surface area contributed by atoms with Crippen LogP contribution >= 0.6 is 0 Å². The summed E-state index contributed by atoms with van der Waals surface area (Å²) in [6, 6.07) is 13.5. The molecule has 2 amide bonds. The number of hydrogen-bond donors (Lipinski definition) is 3. The molecule has 0 aliphatic carbocycles. The van der Waals surface area contributed by atoms with Gasteiger partial charge in [-0.1, -0.05) is 24.3 Å². The summed E-state index contributed by atoms with van der Waals surface area (Å²) < 4.78 is 26.4. The molecule has 3 rings (SSSR count). The molecule has 1 aliphatic rings. The minimum Gasteiger partial charge on any atom is -0.355 e. The molecule has 2 aromatic carbocycles. The second kappa shape index (κ2) is 8.22. The maximum atomic E-state index is 12.0. The molecule has 0 saturated carbocycles. The lowest BCUT2D eigenvalue weighted by atomic mass is 10.1. The molecule has 0 radical (unpaired) electrons. The number of amidine groups is 1. The Kier molecular flexibility index (Phi) is 5.74. The van der Waals surface area contributed by atoms with Gasteiger partial charge in [-0.15, -0.1) is 0 Å². The van der Waals surface area contributed by atoms with Gasteiger partial charge in [0.1, 0.15) is 5.84 Å². The van der Waals surface area contributed by atoms with E-state index >= 15 is 0 Å². The number of amides is 2. The normalized spacial score (nSPS) is 15.5. The number of nitrogens with zero attached hydrogens (tertiary/aromatic N) is 1. The summed E-state index contributed by atoms with van der Waals surface area (Å²) in [5.74, 6) is -0.159. The van der Waals surface area contributed by atoms with Crippen molar-refractivity contribution in [3.05, 3.63) is 65.2 Å². The fourth-order valence-electron chi connectivity index (χ4n) is 2.78. The first kappa shape index (κ1) is 19.6. The van der Waals surface area contributed by atoms with Crippen molar-refractivity contribution in [2.75, 3.05) is 13.6 Å². The summed E-state index contributed by atoms with van der Waals surface area (Å²) in [4.78, 5) is 28.1. The van der Waals surface area contributed by atoms with Crippen molar-refractivity contribution in [3.63, 3.8) is 0 Å². The third-order valence-corrected chi connectivity index (χ3v) is 5.57. The summed E-state index contributed by atoms with van der Waals surface area (Å²) in [7, 11) is -2.02. The van der Waals surface area contributed by atoms with Gasteiger partial charge >= 0.3 is 0 Å². The van der Waals surface area contributed by atoms with Crippen LogP contribution in [0.3, 0.4) is 0 Å². The molecule has 0 fully saturated rings. The van der Waals surface area contributed by atoms with Gasteiger partial charge in [0, 0.05) is 31.1 Å². The number of benzene rings is 2. The molecule has 9 heteroatoms. The van der Waals surface area contributed by atoms with Crippen LogP contribution in [0.1, 0.15) is 27.9 Å². The molecule has 2 aromatic rings. The zero-order chi connectivity index (χ0) is 20.1. The zero-order valence-electron chi connectivity index (χ0n) is 15.2. The van der Waals surface area contributed by atoms with E-state index in [1.54, 1.807) is 43.4 Å². The number of aliphatic imine (C=N–C) groups is 1. The van der Waals surface area contributed by atoms with Crippen LogP contribution in [0.15, 0.2) is 58.4 Å². The number of carbonyl (C=O) groups is 2. The summed E-state index contributed by atoms with van der Waals surface area (Å²) >= 11 is 0. The molecule has 1 heterocycles. The lowest BCUT2D eigenvalue weighted by Gasteiger charge is -2.06. The second-order valence-electron chi connectivity index (χ2n) is 6.14. The first-order valence-electron chi connectivity index (χ1n) is 8.65. The van der Waals surface area contributed by atoms with E-state index in [0.717, 1.165) is 5.56 Å². The highest BCUT2D eigenvalue weighted by Gasteiger charge is 2.29. The third kappa shape index (κ3) is 4.37. The number of rotatable bonds is 6. The summed E-state index contributed by atoms with van der Waals surface area (Å²) in [5.41, 5.74) is 1.83. The summed E-state index contributed by atoms with van der Waals surface area (Å²) in [6.45, 7) is 0.437. The van der Waals surface area contributed by atoms with Gasteiger partial charge in [-0.25, -0.2) is 8.42 Å². The Bertz CT molecular complexity index is 1050. The average Bonchev–Trinajstić information content (AvgIpc) is 2.96. The largest absolute Gasteiger partial charge is 0.355 e. The van der Waals surface area contributed by atoms with Crippen LogP contribution in [0.25, 0.3) is 0 Å². The second-order valence-corrected chi connectivity index (χ2v) is 7.79. The molecule has 0 saturated heterocycles. The Labute approximate surface area is 163 Å². The van der Waals surface area contributed by atoms with Crippen molar-refractivity contribution in [2.45, 2.75) is 17.9 Å². The lowest BCUT2D eigenvalue weighted by Crippen LogP contribution is -2.25. The molecule has 0 unspecified atom stereocenters. The zero-order valence-corrected chi connectivity index (χ0v) is 16.0. The van der Waals surface area contributed by atoms with Crippen LogP contribution in [-0.2, 0) is 21.4 Å². The average molecular weight is 400 g/mol. The number of sulfonamides is 1. The molecule has 146 valence electrons. The molecule has 0 atom stereocenters. The van der Waals surface area contributed by atoms with Crippen molar-refractivity contribution >= 4 is 27.7 Å². The summed E-state index contributed by atoms with van der Waals surface area (Å²) in [6.07, 6.45) is 0.114. The van der Waals surface area contributed by atoms with Gasteiger partial charge in [-0.2, -0.15) is 0 Å². The topological polar surface area (TPSA) is 117 Å². The minimum absolute atomic E-state index is 0.114. The van der Waals surface area contributed by atoms with Crippen molar-refractivity contribution in [3.8, 4) is 0 Å². The first-order valence-corrected chi connectivity index (χ1v) is 10.1. The standard InChI is InChI=1S/C19H20N4O4S/c1-20-19(25)14-6-4-5-13(11-14)12-22-17(24)9-10-21-18-15-7-2-3-8-16(15)28(26,27)23-18/h2-8,11H,9-10,12H2,1H3,(H,20,25)(H,21,23)(H,22,24). The third-order valence-electron chi connectivity index (χ3n) is 4.18. The van der Waals surface area contributed by atoms with Crippen LogP contribution in [-0.4, -0.2) is 39.7 Å². The molecular weight excluding hydrogens is 380 g/mol. The predicted molar refractivity (Wildman–Crippen MR) is 104 cm³/mol. The van der Waals surface area contributed by atoms with Crippen LogP contribution in [0.5, 0.6) is 0 Å². The van der Waals surface area contributed by atoms with E-state index in [4.69, 9.17) is 0 Å². The minimum atomic E-state index is -3.58. The van der Waals surface area contributed by atoms with E-state index in [1.807, 2.05) is 6.07 Å². The van der Waals surface area contributed by atoms with Gasteiger partial charge in [0.05, 0.1) is 11.4 Å². The number of fused-ring (bicyclic) bond motifs is 1. The van der Waals surface area contributed by atoms with E-state index in [9.17, 15) is 18.0 Å². The van der Waals surface area contributed by atoms with Crippen LogP contribution in [0, 0.1) is 0 Å².